The van der Waals surface area contributed by atoms with E-state index in [2.05, 4.69) is 27.0 Å². The molecule has 5 nitrogen and oxygen atoms in total. The van der Waals surface area contributed by atoms with E-state index in [9.17, 15) is 5.11 Å². The predicted octanol–water partition coefficient (Wildman–Crippen LogP) is 1.81. The molecule has 124 valence electrons. The van der Waals surface area contributed by atoms with Crippen LogP contribution in [0.5, 0.6) is 0 Å². The van der Waals surface area contributed by atoms with Gasteiger partial charge in [0.25, 0.3) is 0 Å². The van der Waals surface area contributed by atoms with Gasteiger partial charge in [-0.2, -0.15) is 11.8 Å². The van der Waals surface area contributed by atoms with Crippen molar-refractivity contribution in [3.63, 3.8) is 0 Å². The third-order valence-electron chi connectivity index (χ3n) is 4.89. The van der Waals surface area contributed by atoms with E-state index in [1.54, 1.807) is 6.92 Å². The van der Waals surface area contributed by atoms with Crippen LogP contribution in [0.4, 0.5) is 0 Å². The molecule has 2 aliphatic rings. The summed E-state index contributed by atoms with van der Waals surface area (Å²) in [7, 11) is 0. The van der Waals surface area contributed by atoms with Crippen molar-refractivity contribution >= 4 is 11.8 Å². The van der Waals surface area contributed by atoms with E-state index in [1.165, 1.54) is 50.3 Å². The molecule has 0 amide bonds. The van der Waals surface area contributed by atoms with Crippen LogP contribution in [0.2, 0.25) is 0 Å². The van der Waals surface area contributed by atoms with Gasteiger partial charge in [-0.25, -0.2) is 0 Å². The van der Waals surface area contributed by atoms with Crippen molar-refractivity contribution in [3.05, 3.63) is 11.9 Å². The summed E-state index contributed by atoms with van der Waals surface area (Å²) < 4.78 is 1.97. The molecule has 1 atom stereocenters. The molecule has 6 heteroatoms. The molecule has 0 radical (unpaired) electrons. The van der Waals surface area contributed by atoms with E-state index >= 15 is 0 Å². The van der Waals surface area contributed by atoms with E-state index in [-0.39, 0.29) is 6.10 Å². The normalized spacial score (nSPS) is 23.7. The maximum Gasteiger partial charge on any atom is 0.0852 e. The molecule has 0 aromatic carbocycles. The number of aliphatic hydroxyl groups excluding tert-OH is 1. The Bertz CT molecular complexity index is 451. The molecule has 2 saturated heterocycles. The van der Waals surface area contributed by atoms with Crippen molar-refractivity contribution in [2.24, 2.45) is 5.92 Å². The first-order valence-electron chi connectivity index (χ1n) is 8.59. The molecule has 0 spiro atoms. The number of hydrogen-bond donors (Lipinski definition) is 1. The summed E-state index contributed by atoms with van der Waals surface area (Å²) in [5.41, 5.74) is 0.896. The molecular weight excluding hydrogens is 296 g/mol. The number of piperidine rings is 1. The topological polar surface area (TPSA) is 54.2 Å². The molecule has 3 heterocycles. The van der Waals surface area contributed by atoms with E-state index in [1.807, 2.05) is 10.9 Å². The summed E-state index contributed by atoms with van der Waals surface area (Å²) >= 11 is 2.11. The maximum atomic E-state index is 9.41. The molecular formula is C16H28N4OS. The fraction of sp³-hybridized carbons (Fsp3) is 0.875. The second-order valence-electron chi connectivity index (χ2n) is 6.81. The number of aliphatic hydroxyl groups is 1. The Morgan fingerprint density at radius 3 is 2.68 bits per heavy atom. The van der Waals surface area contributed by atoms with Gasteiger partial charge >= 0.3 is 0 Å². The Balaban J connectivity index is 1.44. The van der Waals surface area contributed by atoms with Crippen molar-refractivity contribution < 1.29 is 5.11 Å². The Kier molecular flexibility index (Phi) is 5.77. The molecule has 1 aromatic heterocycles. The smallest absolute Gasteiger partial charge is 0.0852 e. The second-order valence-corrected chi connectivity index (χ2v) is 8.03. The monoisotopic (exact) mass is 324 g/mol. The van der Waals surface area contributed by atoms with Crippen LogP contribution >= 0.6 is 11.8 Å². The number of thioether (sulfide) groups is 1. The maximum absolute atomic E-state index is 9.41. The molecule has 1 aromatic rings. The van der Waals surface area contributed by atoms with Crippen molar-refractivity contribution in [1.29, 1.82) is 0 Å². The van der Waals surface area contributed by atoms with E-state index in [0.29, 0.717) is 6.42 Å². The highest BCUT2D eigenvalue weighted by atomic mass is 32.2. The first-order valence-corrected chi connectivity index (χ1v) is 9.75. The number of likely N-dealkylation sites (tertiary alicyclic amines) is 1. The lowest BCUT2D eigenvalue weighted by Gasteiger charge is -2.39. The van der Waals surface area contributed by atoms with Gasteiger partial charge < -0.3 is 10.0 Å². The zero-order valence-electron chi connectivity index (χ0n) is 13.5. The minimum absolute atomic E-state index is 0.345. The summed E-state index contributed by atoms with van der Waals surface area (Å²) in [5.74, 6) is 3.40. The van der Waals surface area contributed by atoms with Gasteiger partial charge in [-0.05, 0) is 63.1 Å². The van der Waals surface area contributed by atoms with Gasteiger partial charge in [-0.3, -0.25) is 4.68 Å². The average molecular weight is 324 g/mol. The highest BCUT2D eigenvalue weighted by molar-refractivity contribution is 7.99. The third kappa shape index (κ3) is 4.46. The molecule has 1 N–H and O–H groups in total. The lowest BCUT2D eigenvalue weighted by molar-refractivity contribution is 0.118. The summed E-state index contributed by atoms with van der Waals surface area (Å²) in [6.45, 7) is 5.25. The van der Waals surface area contributed by atoms with Crippen LogP contribution < -0.4 is 0 Å². The summed E-state index contributed by atoms with van der Waals surface area (Å²) in [5, 5.41) is 17.8. The zero-order chi connectivity index (χ0) is 15.4. The number of aromatic nitrogens is 3. The number of nitrogens with zero attached hydrogens (tertiary/aromatic N) is 4. The molecule has 2 fully saturated rings. The molecule has 0 saturated carbocycles. The van der Waals surface area contributed by atoms with Gasteiger partial charge in [0.15, 0.2) is 0 Å². The zero-order valence-corrected chi connectivity index (χ0v) is 14.3. The SMILES string of the molecule is C[C@@H](O)Cc1cn(CC2CCN(C3CCSCC3)CC2)nn1. The highest BCUT2D eigenvalue weighted by Crippen LogP contribution is 2.27. The Morgan fingerprint density at radius 1 is 1.27 bits per heavy atom. The van der Waals surface area contributed by atoms with Gasteiger partial charge in [0, 0.05) is 25.2 Å². The average Bonchev–Trinajstić information content (AvgIpc) is 2.95. The third-order valence-corrected chi connectivity index (χ3v) is 5.94. The molecule has 22 heavy (non-hydrogen) atoms. The van der Waals surface area contributed by atoms with Crippen LogP contribution in [-0.4, -0.2) is 61.7 Å². The minimum Gasteiger partial charge on any atom is -0.393 e. The van der Waals surface area contributed by atoms with E-state index < -0.39 is 0 Å². The Hall–Kier alpha value is -0.590. The second kappa shape index (κ2) is 7.79. The first kappa shape index (κ1) is 16.3. The van der Waals surface area contributed by atoms with Crippen molar-refractivity contribution in [2.75, 3.05) is 24.6 Å². The van der Waals surface area contributed by atoms with Crippen LogP contribution in [0.15, 0.2) is 6.20 Å². The lowest BCUT2D eigenvalue weighted by Crippen LogP contribution is -2.43. The van der Waals surface area contributed by atoms with Crippen LogP contribution in [0, 0.1) is 5.92 Å². The Labute approximate surface area is 137 Å². The van der Waals surface area contributed by atoms with Crippen molar-refractivity contribution in [2.45, 2.75) is 57.7 Å². The molecule has 3 rings (SSSR count). The highest BCUT2D eigenvalue weighted by Gasteiger charge is 2.26. The summed E-state index contributed by atoms with van der Waals surface area (Å²) in [6, 6.07) is 0.839. The number of rotatable bonds is 5. The minimum atomic E-state index is -0.345. The van der Waals surface area contributed by atoms with Crippen molar-refractivity contribution in [3.8, 4) is 0 Å². The number of hydrogen-bond acceptors (Lipinski definition) is 5. The molecule has 0 aliphatic carbocycles. The van der Waals surface area contributed by atoms with Gasteiger partial charge in [0.1, 0.15) is 0 Å². The summed E-state index contributed by atoms with van der Waals surface area (Å²) in [6.07, 6.45) is 7.55. The fourth-order valence-electron chi connectivity index (χ4n) is 3.64. The Morgan fingerprint density at radius 2 is 2.00 bits per heavy atom. The van der Waals surface area contributed by atoms with E-state index in [0.717, 1.165) is 24.2 Å². The van der Waals surface area contributed by atoms with Gasteiger partial charge in [0.05, 0.1) is 11.8 Å². The first-order chi connectivity index (χ1) is 10.7. The van der Waals surface area contributed by atoms with E-state index in [4.69, 9.17) is 0 Å². The van der Waals surface area contributed by atoms with Crippen molar-refractivity contribution in [1.82, 2.24) is 19.9 Å². The molecule has 0 unspecified atom stereocenters. The molecule has 0 bridgehead atoms. The largest absolute Gasteiger partial charge is 0.393 e. The van der Waals surface area contributed by atoms with Crippen LogP contribution in [0.25, 0.3) is 0 Å². The van der Waals surface area contributed by atoms with Gasteiger partial charge in [-0.1, -0.05) is 5.21 Å². The fourth-order valence-corrected chi connectivity index (χ4v) is 4.72. The van der Waals surface area contributed by atoms with Crippen LogP contribution in [0.3, 0.4) is 0 Å². The van der Waals surface area contributed by atoms with Crippen LogP contribution in [0.1, 0.15) is 38.3 Å². The quantitative estimate of drug-likeness (QED) is 0.895. The molecule has 2 aliphatic heterocycles. The van der Waals surface area contributed by atoms with Gasteiger partial charge in [-0.15, -0.1) is 5.10 Å². The standard InChI is InChI=1S/C16H28N4OS/c1-13(21)10-15-12-20(18-17-15)11-14-2-6-19(7-3-14)16-4-8-22-9-5-16/h12-14,16,21H,2-11H2,1H3/t13-/m1/s1. The van der Waals surface area contributed by atoms with Gasteiger partial charge in [0.2, 0.25) is 0 Å². The summed E-state index contributed by atoms with van der Waals surface area (Å²) in [4.78, 5) is 2.72. The predicted molar refractivity (Wildman–Crippen MR) is 90.1 cm³/mol. The van der Waals surface area contributed by atoms with Crippen LogP contribution in [-0.2, 0) is 13.0 Å². The lowest BCUT2D eigenvalue weighted by atomic mass is 9.94.